The molecule has 0 amide bonds. The molecular weight excluding hydrogens is 200 g/mol. The van der Waals surface area contributed by atoms with Crippen molar-refractivity contribution < 1.29 is 10.2 Å². The number of aliphatic hydroxyl groups is 2. The highest BCUT2D eigenvalue weighted by Gasteiger charge is 2.00. The fourth-order valence-electron chi connectivity index (χ4n) is 1.45. The van der Waals surface area contributed by atoms with Crippen molar-refractivity contribution in [1.29, 1.82) is 0 Å². The summed E-state index contributed by atoms with van der Waals surface area (Å²) in [4.78, 5) is 0. The van der Waals surface area contributed by atoms with E-state index >= 15 is 0 Å². The number of halogens is 1. The minimum atomic E-state index is -0.314. The van der Waals surface area contributed by atoms with Gasteiger partial charge < -0.3 is 10.2 Å². The lowest BCUT2D eigenvalue weighted by molar-refractivity contribution is 0.183. The molecule has 0 fully saturated rings. The molecule has 0 saturated carbocycles. The molecule has 86 valence electrons. The third kappa shape index (κ3) is 10.3. The molecule has 3 heteroatoms. The number of rotatable bonds is 10. The van der Waals surface area contributed by atoms with E-state index in [1.54, 1.807) is 0 Å². The van der Waals surface area contributed by atoms with Gasteiger partial charge in [0.1, 0.15) is 0 Å². The molecule has 0 heterocycles. The molecule has 0 aromatic carbocycles. The highest BCUT2D eigenvalue weighted by molar-refractivity contribution is 6.18. The summed E-state index contributed by atoms with van der Waals surface area (Å²) in [7, 11) is 0. The van der Waals surface area contributed by atoms with Crippen LogP contribution in [0, 0.1) is 0 Å². The lowest BCUT2D eigenvalue weighted by Gasteiger charge is -2.05. The van der Waals surface area contributed by atoms with Crippen LogP contribution < -0.4 is 0 Å². The van der Waals surface area contributed by atoms with Gasteiger partial charge in [0.25, 0.3) is 0 Å². The van der Waals surface area contributed by atoms with Crippen molar-refractivity contribution in [3.05, 3.63) is 0 Å². The fourth-order valence-corrected chi connectivity index (χ4v) is 1.61. The summed E-state index contributed by atoms with van der Waals surface area (Å²) >= 11 is 5.48. The minimum Gasteiger partial charge on any atom is -0.396 e. The molecule has 0 aromatic rings. The molecule has 0 spiro atoms. The standard InChI is InChI=1S/C11H23ClO2/c12-10-11(14)8-6-4-2-1-3-5-7-9-13/h11,13-14H,1-10H2. The van der Waals surface area contributed by atoms with E-state index in [1.807, 2.05) is 0 Å². The molecule has 0 aliphatic rings. The molecule has 2 N–H and O–H groups in total. The van der Waals surface area contributed by atoms with Crippen LogP contribution in [0.25, 0.3) is 0 Å². The van der Waals surface area contributed by atoms with Crippen molar-refractivity contribution in [2.24, 2.45) is 0 Å². The van der Waals surface area contributed by atoms with Crippen LogP contribution in [0.5, 0.6) is 0 Å². The summed E-state index contributed by atoms with van der Waals surface area (Å²) in [6.07, 6.45) is 8.56. The van der Waals surface area contributed by atoms with Crippen LogP contribution in [0.1, 0.15) is 51.4 Å². The summed E-state index contributed by atoms with van der Waals surface area (Å²) in [5, 5.41) is 17.7. The topological polar surface area (TPSA) is 40.5 Å². The van der Waals surface area contributed by atoms with Gasteiger partial charge in [-0.2, -0.15) is 0 Å². The summed E-state index contributed by atoms with van der Waals surface area (Å²) < 4.78 is 0. The Balaban J connectivity index is 2.92. The average molecular weight is 223 g/mol. The van der Waals surface area contributed by atoms with E-state index in [1.165, 1.54) is 25.7 Å². The zero-order valence-corrected chi connectivity index (χ0v) is 9.68. The summed E-state index contributed by atoms with van der Waals surface area (Å²) in [6, 6.07) is 0. The second kappa shape index (κ2) is 11.3. The molecule has 0 radical (unpaired) electrons. The van der Waals surface area contributed by atoms with E-state index in [9.17, 15) is 5.11 Å². The van der Waals surface area contributed by atoms with E-state index in [4.69, 9.17) is 16.7 Å². The third-order valence-corrected chi connectivity index (χ3v) is 2.73. The van der Waals surface area contributed by atoms with E-state index in [0.29, 0.717) is 12.5 Å². The number of aliphatic hydroxyl groups excluding tert-OH is 2. The van der Waals surface area contributed by atoms with E-state index in [0.717, 1.165) is 25.7 Å². The van der Waals surface area contributed by atoms with E-state index in [2.05, 4.69) is 0 Å². The Morgan fingerprint density at radius 2 is 1.36 bits per heavy atom. The first kappa shape index (κ1) is 14.2. The number of hydrogen-bond acceptors (Lipinski definition) is 2. The monoisotopic (exact) mass is 222 g/mol. The van der Waals surface area contributed by atoms with Crippen LogP contribution in [0.15, 0.2) is 0 Å². The first-order chi connectivity index (χ1) is 6.81. The Hall–Kier alpha value is 0.210. The van der Waals surface area contributed by atoms with Crippen LogP contribution in [0.2, 0.25) is 0 Å². The van der Waals surface area contributed by atoms with Gasteiger partial charge >= 0.3 is 0 Å². The maximum atomic E-state index is 9.17. The highest BCUT2D eigenvalue weighted by atomic mass is 35.5. The van der Waals surface area contributed by atoms with Crippen molar-refractivity contribution >= 4 is 11.6 Å². The quantitative estimate of drug-likeness (QED) is 0.441. The first-order valence-corrected chi connectivity index (χ1v) is 6.19. The Morgan fingerprint density at radius 1 is 0.857 bits per heavy atom. The number of hydrogen-bond donors (Lipinski definition) is 2. The predicted octanol–water partition coefficient (Wildman–Crippen LogP) is 2.70. The molecule has 0 aromatic heterocycles. The van der Waals surface area contributed by atoms with Gasteiger partial charge in [0.2, 0.25) is 0 Å². The van der Waals surface area contributed by atoms with Gasteiger partial charge in [0.15, 0.2) is 0 Å². The van der Waals surface area contributed by atoms with Crippen LogP contribution >= 0.6 is 11.6 Å². The molecular formula is C11H23ClO2. The highest BCUT2D eigenvalue weighted by Crippen LogP contribution is 2.10. The number of unbranched alkanes of at least 4 members (excludes halogenated alkanes) is 6. The van der Waals surface area contributed by atoms with Crippen molar-refractivity contribution in [2.45, 2.75) is 57.5 Å². The van der Waals surface area contributed by atoms with Crippen LogP contribution in [-0.2, 0) is 0 Å². The minimum absolute atomic E-state index is 0.314. The molecule has 0 rings (SSSR count). The lowest BCUT2D eigenvalue weighted by atomic mass is 10.1. The Morgan fingerprint density at radius 3 is 1.86 bits per heavy atom. The third-order valence-electron chi connectivity index (χ3n) is 2.37. The molecule has 1 unspecified atom stereocenters. The smallest absolute Gasteiger partial charge is 0.0675 e. The second-order valence-electron chi connectivity index (χ2n) is 3.80. The van der Waals surface area contributed by atoms with Gasteiger partial charge in [-0.15, -0.1) is 11.6 Å². The van der Waals surface area contributed by atoms with E-state index in [-0.39, 0.29) is 6.10 Å². The number of alkyl halides is 1. The summed E-state index contributed by atoms with van der Waals surface area (Å²) in [6.45, 7) is 0.321. The molecule has 14 heavy (non-hydrogen) atoms. The Labute approximate surface area is 92.3 Å². The zero-order valence-electron chi connectivity index (χ0n) is 8.92. The van der Waals surface area contributed by atoms with Gasteiger partial charge in [-0.25, -0.2) is 0 Å². The average Bonchev–Trinajstić information content (AvgIpc) is 2.21. The van der Waals surface area contributed by atoms with Crippen LogP contribution in [0.3, 0.4) is 0 Å². The zero-order chi connectivity index (χ0) is 10.6. The van der Waals surface area contributed by atoms with Gasteiger partial charge in [0, 0.05) is 12.5 Å². The summed E-state index contributed by atoms with van der Waals surface area (Å²) in [5.74, 6) is 0.358. The van der Waals surface area contributed by atoms with Crippen LogP contribution in [-0.4, -0.2) is 28.8 Å². The van der Waals surface area contributed by atoms with Gasteiger partial charge in [-0.05, 0) is 12.8 Å². The Kier molecular flexibility index (Phi) is 11.5. The molecule has 1 atom stereocenters. The van der Waals surface area contributed by atoms with Crippen molar-refractivity contribution in [1.82, 2.24) is 0 Å². The summed E-state index contributed by atoms with van der Waals surface area (Å²) in [5.41, 5.74) is 0. The van der Waals surface area contributed by atoms with Gasteiger partial charge in [0.05, 0.1) is 6.10 Å². The van der Waals surface area contributed by atoms with Crippen LogP contribution in [0.4, 0.5) is 0 Å². The molecule has 0 aliphatic carbocycles. The maximum absolute atomic E-state index is 9.17. The Bertz CT molecular complexity index is 109. The molecule has 2 nitrogen and oxygen atoms in total. The molecule has 0 bridgehead atoms. The van der Waals surface area contributed by atoms with Gasteiger partial charge in [-0.1, -0.05) is 38.5 Å². The molecule has 0 saturated heterocycles. The lowest BCUT2D eigenvalue weighted by Crippen LogP contribution is -2.07. The predicted molar refractivity (Wildman–Crippen MR) is 60.7 cm³/mol. The van der Waals surface area contributed by atoms with Gasteiger partial charge in [-0.3, -0.25) is 0 Å². The first-order valence-electron chi connectivity index (χ1n) is 5.66. The second-order valence-corrected chi connectivity index (χ2v) is 4.10. The van der Waals surface area contributed by atoms with E-state index < -0.39 is 0 Å². The van der Waals surface area contributed by atoms with Crippen molar-refractivity contribution in [3.8, 4) is 0 Å². The van der Waals surface area contributed by atoms with Crippen molar-refractivity contribution in [2.75, 3.05) is 12.5 Å². The largest absolute Gasteiger partial charge is 0.396 e. The fraction of sp³-hybridized carbons (Fsp3) is 1.00. The molecule has 0 aliphatic heterocycles. The SMILES string of the molecule is OCCCCCCCCCC(O)CCl. The van der Waals surface area contributed by atoms with Crippen molar-refractivity contribution in [3.63, 3.8) is 0 Å². The normalized spacial score (nSPS) is 13.1. The maximum Gasteiger partial charge on any atom is 0.0675 e.